The second-order valence-corrected chi connectivity index (χ2v) is 8.02. The fourth-order valence-corrected chi connectivity index (χ4v) is 4.09. The Bertz CT molecular complexity index is 1180. The van der Waals surface area contributed by atoms with Crippen LogP contribution in [0.1, 0.15) is 35.6 Å². The number of hydrogen-bond donors (Lipinski definition) is 2. The Morgan fingerprint density at radius 2 is 1.97 bits per heavy atom. The predicted octanol–water partition coefficient (Wildman–Crippen LogP) is 1.96. The summed E-state index contributed by atoms with van der Waals surface area (Å²) in [6.07, 6.45) is 2.34. The summed E-state index contributed by atoms with van der Waals surface area (Å²) in [5, 5.41) is 2.59. The van der Waals surface area contributed by atoms with Gasteiger partial charge in [-0.15, -0.1) is 0 Å². The van der Waals surface area contributed by atoms with E-state index < -0.39 is 0 Å². The molecule has 2 N–H and O–H groups in total. The van der Waals surface area contributed by atoms with Gasteiger partial charge in [0.05, 0.1) is 29.5 Å². The number of ether oxygens (including phenoxy) is 1. The molecule has 9 heteroatoms. The SMILES string of the molecule is CCOc1cc2nc(CC)c(=O)[nH]c2cc1CN1CCN(c2ccc(C(=O)NC)nc2)CC1. The summed E-state index contributed by atoms with van der Waals surface area (Å²) in [7, 11) is 1.60. The highest BCUT2D eigenvalue weighted by Gasteiger charge is 2.20. The summed E-state index contributed by atoms with van der Waals surface area (Å²) in [4.78, 5) is 40.3. The molecule has 2 aromatic heterocycles. The third kappa shape index (κ3) is 4.98. The van der Waals surface area contributed by atoms with Gasteiger partial charge in [0.15, 0.2) is 0 Å². The van der Waals surface area contributed by atoms with E-state index in [1.54, 1.807) is 19.3 Å². The Kier molecular flexibility index (Phi) is 6.88. The van der Waals surface area contributed by atoms with E-state index in [4.69, 9.17) is 4.74 Å². The Morgan fingerprint density at radius 3 is 2.61 bits per heavy atom. The number of nitrogens with zero attached hydrogens (tertiary/aromatic N) is 4. The van der Waals surface area contributed by atoms with E-state index in [9.17, 15) is 9.59 Å². The monoisotopic (exact) mass is 450 g/mol. The minimum atomic E-state index is -0.186. The van der Waals surface area contributed by atoms with Crippen molar-refractivity contribution in [3.05, 3.63) is 57.8 Å². The lowest BCUT2D eigenvalue weighted by molar-refractivity contribution is 0.0958. The number of fused-ring (bicyclic) bond motifs is 1. The van der Waals surface area contributed by atoms with Crippen LogP contribution in [0.3, 0.4) is 0 Å². The Labute approximate surface area is 192 Å². The van der Waals surface area contributed by atoms with Gasteiger partial charge >= 0.3 is 0 Å². The van der Waals surface area contributed by atoms with Crippen LogP contribution in [0.25, 0.3) is 11.0 Å². The van der Waals surface area contributed by atoms with Gasteiger partial charge in [0, 0.05) is 51.4 Å². The number of nitrogens with one attached hydrogen (secondary N) is 2. The average Bonchev–Trinajstić information content (AvgIpc) is 2.84. The summed E-state index contributed by atoms with van der Waals surface area (Å²) in [5.74, 6) is 0.623. The smallest absolute Gasteiger partial charge is 0.270 e. The van der Waals surface area contributed by atoms with Crippen LogP contribution >= 0.6 is 0 Å². The zero-order chi connectivity index (χ0) is 23.4. The molecule has 4 rings (SSSR count). The van der Waals surface area contributed by atoms with Gasteiger partial charge in [-0.3, -0.25) is 14.5 Å². The molecule has 1 aliphatic rings. The lowest BCUT2D eigenvalue weighted by Crippen LogP contribution is -2.46. The van der Waals surface area contributed by atoms with Crippen LogP contribution in [-0.2, 0) is 13.0 Å². The zero-order valence-electron chi connectivity index (χ0n) is 19.4. The largest absolute Gasteiger partial charge is 0.493 e. The van der Waals surface area contributed by atoms with Crippen molar-refractivity contribution in [1.82, 2.24) is 25.2 Å². The molecule has 1 saturated heterocycles. The Balaban J connectivity index is 1.47. The highest BCUT2D eigenvalue weighted by molar-refractivity contribution is 5.92. The number of aromatic amines is 1. The first-order chi connectivity index (χ1) is 16.0. The van der Waals surface area contributed by atoms with E-state index in [2.05, 4.69) is 30.1 Å². The van der Waals surface area contributed by atoms with Crippen LogP contribution in [0.2, 0.25) is 0 Å². The van der Waals surface area contributed by atoms with Gasteiger partial charge in [-0.05, 0) is 31.5 Å². The van der Waals surface area contributed by atoms with Crippen LogP contribution in [0.5, 0.6) is 5.75 Å². The molecule has 3 aromatic rings. The molecule has 1 amide bonds. The van der Waals surface area contributed by atoms with Crippen molar-refractivity contribution in [1.29, 1.82) is 0 Å². The summed E-state index contributed by atoms with van der Waals surface area (Å²) in [5.41, 5.74) is 4.34. The maximum atomic E-state index is 12.2. The van der Waals surface area contributed by atoms with Crippen molar-refractivity contribution in [2.24, 2.45) is 0 Å². The number of rotatable bonds is 7. The first kappa shape index (κ1) is 22.7. The first-order valence-electron chi connectivity index (χ1n) is 11.4. The van der Waals surface area contributed by atoms with Crippen molar-refractivity contribution >= 4 is 22.6 Å². The lowest BCUT2D eigenvalue weighted by Gasteiger charge is -2.36. The van der Waals surface area contributed by atoms with E-state index >= 15 is 0 Å². The summed E-state index contributed by atoms with van der Waals surface area (Å²) in [6.45, 7) is 8.66. The summed E-state index contributed by atoms with van der Waals surface area (Å²) < 4.78 is 5.91. The number of anilines is 1. The van der Waals surface area contributed by atoms with Gasteiger partial charge in [0.2, 0.25) is 0 Å². The molecule has 3 heterocycles. The Morgan fingerprint density at radius 1 is 1.18 bits per heavy atom. The van der Waals surface area contributed by atoms with Crippen molar-refractivity contribution in [2.45, 2.75) is 26.8 Å². The number of aromatic nitrogens is 3. The van der Waals surface area contributed by atoms with Gasteiger partial charge in [-0.1, -0.05) is 6.92 Å². The standard InChI is InChI=1S/C24H30N6O3/c1-4-18-24(32)28-20-12-16(22(33-5-2)13-21(20)27-18)15-29-8-10-30(11-9-29)17-6-7-19(26-14-17)23(31)25-3/h6-7,12-14H,4-5,8-11,15H2,1-3H3,(H,25,31)(H,28,32). The van der Waals surface area contributed by atoms with Crippen molar-refractivity contribution < 1.29 is 9.53 Å². The zero-order valence-corrected chi connectivity index (χ0v) is 19.4. The van der Waals surface area contributed by atoms with Crippen LogP contribution in [0.15, 0.2) is 35.3 Å². The maximum Gasteiger partial charge on any atom is 0.270 e. The molecule has 33 heavy (non-hydrogen) atoms. The average molecular weight is 451 g/mol. The highest BCUT2D eigenvalue weighted by Crippen LogP contribution is 2.26. The van der Waals surface area contributed by atoms with Gasteiger partial charge < -0.3 is 19.9 Å². The molecular formula is C24H30N6O3. The fourth-order valence-electron chi connectivity index (χ4n) is 4.09. The molecule has 1 aliphatic heterocycles. The number of H-pyrrole nitrogens is 1. The van der Waals surface area contributed by atoms with E-state index in [0.717, 1.165) is 60.8 Å². The van der Waals surface area contributed by atoms with Gasteiger partial charge in [-0.25, -0.2) is 9.97 Å². The van der Waals surface area contributed by atoms with Gasteiger partial charge in [0.25, 0.3) is 11.5 Å². The van der Waals surface area contributed by atoms with Crippen molar-refractivity contribution in [3.63, 3.8) is 0 Å². The molecule has 1 aromatic carbocycles. The molecule has 1 fully saturated rings. The normalized spacial score (nSPS) is 14.5. The van der Waals surface area contributed by atoms with E-state index in [1.165, 1.54) is 0 Å². The van der Waals surface area contributed by atoms with Crippen molar-refractivity contribution in [3.8, 4) is 5.75 Å². The number of pyridine rings is 1. The third-order valence-corrected chi connectivity index (χ3v) is 5.92. The number of carbonyl (C=O) groups is 1. The highest BCUT2D eigenvalue weighted by atomic mass is 16.5. The molecule has 0 unspecified atom stereocenters. The van der Waals surface area contributed by atoms with Crippen LogP contribution < -0.4 is 20.5 Å². The summed E-state index contributed by atoms with van der Waals surface area (Å²) in [6, 6.07) is 7.61. The second-order valence-electron chi connectivity index (χ2n) is 8.02. The minimum absolute atomic E-state index is 0.134. The molecule has 9 nitrogen and oxygen atoms in total. The van der Waals surface area contributed by atoms with E-state index in [0.29, 0.717) is 24.4 Å². The molecule has 0 bridgehead atoms. The number of hydrogen-bond acceptors (Lipinski definition) is 7. The third-order valence-electron chi connectivity index (χ3n) is 5.92. The van der Waals surface area contributed by atoms with E-state index in [1.807, 2.05) is 32.0 Å². The Hall–Kier alpha value is -3.46. The van der Waals surface area contributed by atoms with Crippen molar-refractivity contribution in [2.75, 3.05) is 44.7 Å². The van der Waals surface area contributed by atoms with Crippen LogP contribution in [-0.4, -0.2) is 65.6 Å². The quantitative estimate of drug-likeness (QED) is 0.567. The predicted molar refractivity (Wildman–Crippen MR) is 128 cm³/mol. The molecule has 0 saturated carbocycles. The maximum absolute atomic E-state index is 12.2. The number of benzene rings is 1. The van der Waals surface area contributed by atoms with Crippen LogP contribution in [0, 0.1) is 0 Å². The van der Waals surface area contributed by atoms with Crippen LogP contribution in [0.4, 0.5) is 5.69 Å². The molecule has 0 aliphatic carbocycles. The van der Waals surface area contributed by atoms with Gasteiger partial charge in [0.1, 0.15) is 17.1 Å². The molecule has 174 valence electrons. The first-order valence-corrected chi connectivity index (χ1v) is 11.4. The second kappa shape index (κ2) is 9.99. The number of carbonyl (C=O) groups excluding carboxylic acids is 1. The topological polar surface area (TPSA) is 103 Å². The van der Waals surface area contributed by atoms with E-state index in [-0.39, 0.29) is 11.5 Å². The number of piperazine rings is 1. The minimum Gasteiger partial charge on any atom is -0.493 e. The summed E-state index contributed by atoms with van der Waals surface area (Å²) >= 11 is 0. The number of aryl methyl sites for hydroxylation is 1. The molecule has 0 radical (unpaired) electrons. The van der Waals surface area contributed by atoms with Gasteiger partial charge in [-0.2, -0.15) is 0 Å². The molecule has 0 atom stereocenters. The molecular weight excluding hydrogens is 420 g/mol. The molecule has 0 spiro atoms. The fraction of sp³-hybridized carbons (Fsp3) is 0.417. The number of amides is 1. The lowest BCUT2D eigenvalue weighted by atomic mass is 10.1.